The Labute approximate surface area is 194 Å². The van der Waals surface area contributed by atoms with Crippen LogP contribution in [-0.2, 0) is 22.6 Å². The molecule has 33 heavy (non-hydrogen) atoms. The Morgan fingerprint density at radius 3 is 2.52 bits per heavy atom. The van der Waals surface area contributed by atoms with Crippen LogP contribution in [0.5, 0.6) is 0 Å². The minimum Gasteiger partial charge on any atom is -0.441 e. The molecule has 1 heterocycles. The van der Waals surface area contributed by atoms with Crippen LogP contribution < -0.4 is 10.6 Å². The lowest BCUT2D eigenvalue weighted by Crippen LogP contribution is -2.23. The molecule has 2 aromatic carbocycles. The van der Waals surface area contributed by atoms with Crippen LogP contribution in [-0.4, -0.2) is 16.8 Å². The predicted octanol–water partition coefficient (Wildman–Crippen LogP) is 5.42. The number of carbonyl (C=O) groups excluding carboxylic acids is 2. The maximum Gasteiger partial charge on any atom is 0.228 e. The topological polar surface area (TPSA) is 84.2 Å². The maximum absolute atomic E-state index is 12.6. The van der Waals surface area contributed by atoms with E-state index in [-0.39, 0.29) is 18.2 Å². The lowest BCUT2D eigenvalue weighted by Gasteiger charge is -2.09. The number of nitrogens with one attached hydrogen (secondary N) is 2. The number of benzene rings is 2. The van der Waals surface area contributed by atoms with Crippen LogP contribution in [0.15, 0.2) is 59.0 Å². The molecule has 0 atom stereocenters. The third-order valence-electron chi connectivity index (χ3n) is 6.24. The summed E-state index contributed by atoms with van der Waals surface area (Å²) in [5, 5.41) is 5.94. The fourth-order valence-corrected chi connectivity index (χ4v) is 4.37. The highest BCUT2D eigenvalue weighted by atomic mass is 16.4. The Morgan fingerprint density at radius 1 is 1.00 bits per heavy atom. The van der Waals surface area contributed by atoms with Crippen molar-refractivity contribution in [2.24, 2.45) is 5.92 Å². The van der Waals surface area contributed by atoms with Gasteiger partial charge < -0.3 is 15.1 Å². The molecular weight excluding hydrogens is 414 g/mol. The molecular formula is C27H31N3O3. The predicted molar refractivity (Wildman–Crippen MR) is 128 cm³/mol. The Morgan fingerprint density at radius 2 is 1.73 bits per heavy atom. The summed E-state index contributed by atoms with van der Waals surface area (Å²) in [6.45, 7) is 2.18. The lowest BCUT2D eigenvalue weighted by molar-refractivity contribution is -0.121. The van der Waals surface area contributed by atoms with Crippen molar-refractivity contribution >= 4 is 17.5 Å². The van der Waals surface area contributed by atoms with Gasteiger partial charge in [0, 0.05) is 6.42 Å². The molecule has 3 aromatic rings. The molecule has 1 aliphatic rings. The van der Waals surface area contributed by atoms with Gasteiger partial charge in [-0.1, -0.05) is 68.1 Å². The summed E-state index contributed by atoms with van der Waals surface area (Å²) in [5.41, 5.74) is 3.00. The summed E-state index contributed by atoms with van der Waals surface area (Å²) >= 11 is 0. The quantitative estimate of drug-likeness (QED) is 0.461. The Balaban J connectivity index is 1.37. The van der Waals surface area contributed by atoms with E-state index in [9.17, 15) is 9.59 Å². The fraction of sp³-hybridized carbons (Fsp3) is 0.370. The average molecular weight is 446 g/mol. The smallest absolute Gasteiger partial charge is 0.228 e. The standard InChI is InChI=1S/C27H31N3O3/c1-19-24(18-28-25(31)16-15-20-9-5-6-10-20)30-27(33-19)22-13-7-8-14-23(22)29-26(32)17-21-11-3-2-4-12-21/h2-4,7-8,11-14,20H,5-6,9-10,15-18H2,1H3,(H,28,31)(H,29,32). The number of para-hydroxylation sites is 1. The van der Waals surface area contributed by atoms with E-state index in [4.69, 9.17) is 4.42 Å². The summed E-state index contributed by atoms with van der Waals surface area (Å²) in [5.74, 6) is 1.74. The van der Waals surface area contributed by atoms with Crippen LogP contribution in [0.3, 0.4) is 0 Å². The molecule has 0 spiro atoms. The highest BCUT2D eigenvalue weighted by Gasteiger charge is 2.18. The zero-order valence-electron chi connectivity index (χ0n) is 19.1. The van der Waals surface area contributed by atoms with Crippen molar-refractivity contribution in [1.82, 2.24) is 10.3 Å². The van der Waals surface area contributed by atoms with Gasteiger partial charge in [0.15, 0.2) is 0 Å². The molecule has 0 unspecified atom stereocenters. The molecule has 2 amide bonds. The number of oxazole rings is 1. The Kier molecular flexibility index (Phi) is 7.55. The zero-order chi connectivity index (χ0) is 23.0. The summed E-state index contributed by atoms with van der Waals surface area (Å²) in [7, 11) is 0. The normalized spacial score (nSPS) is 13.7. The van der Waals surface area contributed by atoms with Crippen LogP contribution in [0.1, 0.15) is 55.5 Å². The second-order valence-corrected chi connectivity index (χ2v) is 8.74. The number of hydrogen-bond donors (Lipinski definition) is 2. The monoisotopic (exact) mass is 445 g/mol. The minimum absolute atomic E-state index is 0.0550. The van der Waals surface area contributed by atoms with E-state index in [1.54, 1.807) is 0 Å². The van der Waals surface area contributed by atoms with Gasteiger partial charge in [0.25, 0.3) is 0 Å². The highest BCUT2D eigenvalue weighted by Crippen LogP contribution is 2.30. The molecule has 0 aliphatic heterocycles. The van der Waals surface area contributed by atoms with Crippen molar-refractivity contribution in [3.63, 3.8) is 0 Å². The van der Waals surface area contributed by atoms with E-state index in [1.807, 2.05) is 61.5 Å². The summed E-state index contributed by atoms with van der Waals surface area (Å²) in [6.07, 6.45) is 6.90. The average Bonchev–Trinajstić information content (AvgIpc) is 3.47. The van der Waals surface area contributed by atoms with Gasteiger partial charge in [0.1, 0.15) is 11.5 Å². The second kappa shape index (κ2) is 10.9. The molecule has 0 saturated heterocycles. The van der Waals surface area contributed by atoms with Gasteiger partial charge in [-0.15, -0.1) is 0 Å². The van der Waals surface area contributed by atoms with Crippen molar-refractivity contribution in [2.45, 2.75) is 58.4 Å². The van der Waals surface area contributed by atoms with Gasteiger partial charge in [0.2, 0.25) is 17.7 Å². The molecule has 1 aliphatic carbocycles. The molecule has 0 radical (unpaired) electrons. The van der Waals surface area contributed by atoms with E-state index in [0.717, 1.165) is 12.0 Å². The molecule has 6 nitrogen and oxygen atoms in total. The van der Waals surface area contributed by atoms with Crippen molar-refractivity contribution in [2.75, 3.05) is 5.32 Å². The zero-order valence-corrected chi connectivity index (χ0v) is 19.1. The molecule has 2 N–H and O–H groups in total. The Hall–Kier alpha value is -3.41. The molecule has 4 rings (SSSR count). The summed E-state index contributed by atoms with van der Waals surface area (Å²) < 4.78 is 5.90. The van der Waals surface area contributed by atoms with Gasteiger partial charge in [-0.2, -0.15) is 0 Å². The van der Waals surface area contributed by atoms with E-state index in [1.165, 1.54) is 25.7 Å². The third-order valence-corrected chi connectivity index (χ3v) is 6.24. The first-order chi connectivity index (χ1) is 16.1. The van der Waals surface area contributed by atoms with Crippen molar-refractivity contribution in [1.29, 1.82) is 0 Å². The van der Waals surface area contributed by atoms with Gasteiger partial charge in [-0.25, -0.2) is 4.98 Å². The van der Waals surface area contributed by atoms with Gasteiger partial charge in [-0.3, -0.25) is 9.59 Å². The number of hydrogen-bond acceptors (Lipinski definition) is 4. The number of anilines is 1. The molecule has 1 saturated carbocycles. The first-order valence-corrected chi connectivity index (χ1v) is 11.7. The third kappa shape index (κ3) is 6.31. The number of amides is 2. The van der Waals surface area contributed by atoms with Crippen molar-refractivity contribution < 1.29 is 14.0 Å². The molecule has 1 aromatic heterocycles. The van der Waals surface area contributed by atoms with E-state index < -0.39 is 0 Å². The van der Waals surface area contributed by atoms with Crippen LogP contribution in [0.25, 0.3) is 11.5 Å². The molecule has 0 bridgehead atoms. The molecule has 172 valence electrons. The summed E-state index contributed by atoms with van der Waals surface area (Å²) in [4.78, 5) is 29.4. The number of aromatic nitrogens is 1. The first-order valence-electron chi connectivity index (χ1n) is 11.7. The van der Waals surface area contributed by atoms with Crippen LogP contribution in [0, 0.1) is 12.8 Å². The first kappa shape index (κ1) is 22.8. The van der Waals surface area contributed by atoms with E-state index in [0.29, 0.717) is 47.5 Å². The number of carbonyl (C=O) groups is 2. The van der Waals surface area contributed by atoms with E-state index in [2.05, 4.69) is 15.6 Å². The lowest BCUT2D eigenvalue weighted by atomic mass is 10.0. The number of rotatable bonds is 9. The molecule has 6 heteroatoms. The minimum atomic E-state index is -0.105. The van der Waals surface area contributed by atoms with Gasteiger partial charge in [-0.05, 0) is 37.0 Å². The number of aryl methyl sites for hydroxylation is 1. The fourth-order valence-electron chi connectivity index (χ4n) is 4.37. The van der Waals surface area contributed by atoms with E-state index >= 15 is 0 Å². The van der Waals surface area contributed by atoms with Crippen LogP contribution in [0.2, 0.25) is 0 Å². The second-order valence-electron chi connectivity index (χ2n) is 8.74. The SMILES string of the molecule is Cc1oc(-c2ccccc2NC(=O)Cc2ccccc2)nc1CNC(=O)CCC1CCCC1. The Bertz CT molecular complexity index is 1090. The summed E-state index contributed by atoms with van der Waals surface area (Å²) in [6, 6.07) is 17.1. The van der Waals surface area contributed by atoms with Gasteiger partial charge in [0.05, 0.1) is 24.2 Å². The van der Waals surface area contributed by atoms with Crippen LogP contribution in [0.4, 0.5) is 5.69 Å². The van der Waals surface area contributed by atoms with Crippen LogP contribution >= 0.6 is 0 Å². The molecule has 1 fully saturated rings. The van der Waals surface area contributed by atoms with Gasteiger partial charge >= 0.3 is 0 Å². The highest BCUT2D eigenvalue weighted by molar-refractivity contribution is 5.95. The largest absolute Gasteiger partial charge is 0.441 e. The maximum atomic E-state index is 12.6. The van der Waals surface area contributed by atoms with Crippen molar-refractivity contribution in [3.05, 3.63) is 71.6 Å². The van der Waals surface area contributed by atoms with Crippen molar-refractivity contribution in [3.8, 4) is 11.5 Å². The number of nitrogens with zero attached hydrogens (tertiary/aromatic N) is 1.